The molecule has 0 saturated heterocycles. The Kier molecular flexibility index (Phi) is 5.04. The van der Waals surface area contributed by atoms with Crippen molar-refractivity contribution in [3.05, 3.63) is 71.9 Å². The highest BCUT2D eigenvalue weighted by Gasteiger charge is 2.07. The van der Waals surface area contributed by atoms with Gasteiger partial charge in [-0.15, -0.1) is 0 Å². The number of aromatic nitrogens is 3. The molecule has 0 aliphatic rings. The summed E-state index contributed by atoms with van der Waals surface area (Å²) in [6.07, 6.45) is 6.92. The normalized spacial score (nSPS) is 11.9. The van der Waals surface area contributed by atoms with Crippen LogP contribution < -0.4 is 5.32 Å². The van der Waals surface area contributed by atoms with E-state index >= 15 is 0 Å². The van der Waals surface area contributed by atoms with Gasteiger partial charge >= 0.3 is 0 Å². The summed E-state index contributed by atoms with van der Waals surface area (Å²) in [7, 11) is -1.05. The highest BCUT2D eigenvalue weighted by Crippen LogP contribution is 2.10. The SMILES string of the molecule is Cc1nccn1-c1ccc(CNC(=O)c2ccc([S@@](C)=O)cc2)cn1. The zero-order valence-electron chi connectivity index (χ0n) is 14.0. The predicted octanol–water partition coefficient (Wildman–Crippen LogP) is 2.24. The third-order valence-corrected chi connectivity index (χ3v) is 4.72. The molecule has 0 spiro atoms. The van der Waals surface area contributed by atoms with Crippen LogP contribution in [0.4, 0.5) is 0 Å². The average molecular weight is 354 g/mol. The standard InChI is InChI=1S/C18H18N4O2S/c1-13-19-9-10-22(13)17-8-3-14(11-20-17)12-21-18(23)15-4-6-16(7-5-15)25(2)24/h3-11H,12H2,1-2H3,(H,21,23)/t25-/m1/s1. The summed E-state index contributed by atoms with van der Waals surface area (Å²) in [5, 5.41) is 2.86. The molecule has 2 aromatic heterocycles. The predicted molar refractivity (Wildman–Crippen MR) is 96.0 cm³/mol. The van der Waals surface area contributed by atoms with Crippen molar-refractivity contribution >= 4 is 16.7 Å². The summed E-state index contributed by atoms with van der Waals surface area (Å²) >= 11 is 0. The van der Waals surface area contributed by atoms with Gasteiger partial charge in [-0.25, -0.2) is 9.97 Å². The first-order valence-electron chi connectivity index (χ1n) is 7.71. The smallest absolute Gasteiger partial charge is 0.251 e. The Morgan fingerprint density at radius 1 is 1.16 bits per heavy atom. The van der Waals surface area contributed by atoms with Gasteiger partial charge in [0.2, 0.25) is 0 Å². The van der Waals surface area contributed by atoms with Crippen LogP contribution in [-0.4, -0.2) is 30.9 Å². The van der Waals surface area contributed by atoms with Gasteiger partial charge in [0.05, 0.1) is 0 Å². The van der Waals surface area contributed by atoms with Gasteiger partial charge in [-0.2, -0.15) is 0 Å². The minimum atomic E-state index is -1.05. The molecule has 1 amide bonds. The monoisotopic (exact) mass is 354 g/mol. The number of carbonyl (C=O) groups is 1. The molecule has 1 atom stereocenters. The van der Waals surface area contributed by atoms with Crippen LogP contribution in [0.1, 0.15) is 21.7 Å². The third kappa shape index (κ3) is 4.00. The first-order valence-corrected chi connectivity index (χ1v) is 9.27. The molecule has 7 heteroatoms. The Hall–Kier alpha value is -2.80. The van der Waals surface area contributed by atoms with Gasteiger partial charge in [0.15, 0.2) is 0 Å². The number of carbonyl (C=O) groups excluding carboxylic acids is 1. The molecule has 0 radical (unpaired) electrons. The largest absolute Gasteiger partial charge is 0.348 e. The maximum Gasteiger partial charge on any atom is 0.251 e. The van der Waals surface area contributed by atoms with E-state index in [-0.39, 0.29) is 5.91 Å². The molecular weight excluding hydrogens is 336 g/mol. The Labute approximate surface area is 148 Å². The Morgan fingerprint density at radius 3 is 2.48 bits per heavy atom. The van der Waals surface area contributed by atoms with E-state index in [9.17, 15) is 9.00 Å². The second kappa shape index (κ2) is 7.40. The summed E-state index contributed by atoms with van der Waals surface area (Å²) in [6, 6.07) is 10.6. The molecule has 0 bridgehead atoms. The summed E-state index contributed by atoms with van der Waals surface area (Å²) in [5.41, 5.74) is 1.44. The lowest BCUT2D eigenvalue weighted by atomic mass is 10.2. The molecule has 0 unspecified atom stereocenters. The zero-order chi connectivity index (χ0) is 17.8. The number of rotatable bonds is 5. The van der Waals surface area contributed by atoms with Crippen molar-refractivity contribution in [1.29, 1.82) is 0 Å². The number of nitrogens with one attached hydrogen (secondary N) is 1. The van der Waals surface area contributed by atoms with Crippen molar-refractivity contribution in [2.75, 3.05) is 6.26 Å². The number of pyridine rings is 1. The third-order valence-electron chi connectivity index (χ3n) is 3.78. The van der Waals surface area contributed by atoms with E-state index in [1.807, 2.05) is 29.8 Å². The minimum Gasteiger partial charge on any atom is -0.348 e. The molecular formula is C18H18N4O2S. The van der Waals surface area contributed by atoms with Gasteiger partial charge in [0.25, 0.3) is 5.91 Å². The highest BCUT2D eigenvalue weighted by molar-refractivity contribution is 7.84. The number of nitrogens with zero attached hydrogens (tertiary/aromatic N) is 3. The number of imidazole rings is 1. The van der Waals surface area contributed by atoms with E-state index in [4.69, 9.17) is 0 Å². The van der Waals surface area contributed by atoms with E-state index in [0.29, 0.717) is 17.0 Å². The number of amides is 1. The molecule has 0 saturated carbocycles. The van der Waals surface area contributed by atoms with Crippen molar-refractivity contribution in [3.8, 4) is 5.82 Å². The molecule has 0 fully saturated rings. The van der Waals surface area contributed by atoms with Crippen LogP contribution in [-0.2, 0) is 17.3 Å². The van der Waals surface area contributed by atoms with E-state index in [1.54, 1.807) is 42.9 Å². The highest BCUT2D eigenvalue weighted by atomic mass is 32.2. The van der Waals surface area contributed by atoms with E-state index in [1.165, 1.54) is 0 Å². The molecule has 1 aromatic carbocycles. The van der Waals surface area contributed by atoms with Crippen molar-refractivity contribution in [2.45, 2.75) is 18.4 Å². The Morgan fingerprint density at radius 2 is 1.92 bits per heavy atom. The fraction of sp³-hybridized carbons (Fsp3) is 0.167. The van der Waals surface area contributed by atoms with Crippen LogP contribution in [0.3, 0.4) is 0 Å². The van der Waals surface area contributed by atoms with Gasteiger partial charge in [-0.1, -0.05) is 6.07 Å². The van der Waals surface area contributed by atoms with Gasteiger partial charge in [-0.05, 0) is 42.8 Å². The second-order valence-electron chi connectivity index (χ2n) is 5.53. The summed E-state index contributed by atoms with van der Waals surface area (Å²) in [6.45, 7) is 2.30. The van der Waals surface area contributed by atoms with E-state index in [0.717, 1.165) is 17.2 Å². The first kappa shape index (κ1) is 17.0. The maximum absolute atomic E-state index is 12.2. The molecule has 25 heavy (non-hydrogen) atoms. The van der Waals surface area contributed by atoms with Gasteiger partial charge in [-0.3, -0.25) is 13.6 Å². The summed E-state index contributed by atoms with van der Waals surface area (Å²) in [5.74, 6) is 1.47. The fourth-order valence-corrected chi connectivity index (χ4v) is 2.89. The quantitative estimate of drug-likeness (QED) is 0.762. The first-order chi connectivity index (χ1) is 12.0. The van der Waals surface area contributed by atoms with Crippen molar-refractivity contribution in [1.82, 2.24) is 19.9 Å². The number of aryl methyl sites for hydroxylation is 1. The Bertz CT molecular complexity index is 902. The van der Waals surface area contributed by atoms with Crippen LogP contribution in [0.2, 0.25) is 0 Å². The van der Waals surface area contributed by atoms with Crippen LogP contribution in [0, 0.1) is 6.92 Å². The average Bonchev–Trinajstić information content (AvgIpc) is 3.06. The lowest BCUT2D eigenvalue weighted by molar-refractivity contribution is 0.0951. The van der Waals surface area contributed by atoms with Crippen molar-refractivity contribution in [3.63, 3.8) is 0 Å². The second-order valence-corrected chi connectivity index (χ2v) is 6.91. The van der Waals surface area contributed by atoms with Gasteiger partial charge < -0.3 is 5.32 Å². The van der Waals surface area contributed by atoms with Gasteiger partial charge in [0.1, 0.15) is 11.6 Å². The summed E-state index contributed by atoms with van der Waals surface area (Å²) in [4.78, 5) is 21.5. The minimum absolute atomic E-state index is 0.178. The number of hydrogen-bond acceptors (Lipinski definition) is 4. The molecule has 0 aliphatic carbocycles. The molecule has 3 rings (SSSR count). The zero-order valence-corrected chi connectivity index (χ0v) is 14.8. The van der Waals surface area contributed by atoms with Crippen LogP contribution in [0.5, 0.6) is 0 Å². The lowest BCUT2D eigenvalue weighted by Crippen LogP contribution is -2.22. The molecule has 3 aromatic rings. The van der Waals surface area contributed by atoms with Crippen LogP contribution in [0.15, 0.2) is 59.9 Å². The Balaban J connectivity index is 1.62. The molecule has 2 heterocycles. The fourth-order valence-electron chi connectivity index (χ4n) is 2.37. The van der Waals surface area contributed by atoms with Gasteiger partial charge in [0, 0.05) is 52.6 Å². The molecule has 128 valence electrons. The number of benzene rings is 1. The summed E-state index contributed by atoms with van der Waals surface area (Å²) < 4.78 is 13.3. The van der Waals surface area contributed by atoms with E-state index < -0.39 is 10.8 Å². The lowest BCUT2D eigenvalue weighted by Gasteiger charge is -2.08. The van der Waals surface area contributed by atoms with E-state index in [2.05, 4.69) is 15.3 Å². The van der Waals surface area contributed by atoms with Crippen LogP contribution in [0.25, 0.3) is 5.82 Å². The van der Waals surface area contributed by atoms with Crippen LogP contribution >= 0.6 is 0 Å². The van der Waals surface area contributed by atoms with Crippen molar-refractivity contribution in [2.24, 2.45) is 0 Å². The van der Waals surface area contributed by atoms with Crippen molar-refractivity contribution < 1.29 is 9.00 Å². The number of hydrogen-bond donors (Lipinski definition) is 1. The molecule has 6 nitrogen and oxygen atoms in total. The molecule has 0 aliphatic heterocycles. The maximum atomic E-state index is 12.2. The topological polar surface area (TPSA) is 76.9 Å². The molecule has 1 N–H and O–H groups in total.